The topological polar surface area (TPSA) is 58.9 Å². The minimum Gasteiger partial charge on any atom is -0.429 e. The van der Waals surface area contributed by atoms with E-state index in [-0.39, 0.29) is 39.9 Å². The van der Waals surface area contributed by atoms with Crippen molar-refractivity contribution in [2.75, 3.05) is 0 Å². The van der Waals surface area contributed by atoms with Gasteiger partial charge in [-0.05, 0) is 103 Å². The summed E-state index contributed by atoms with van der Waals surface area (Å²) in [5.74, 6) is -25.7. The third-order valence-electron chi connectivity index (χ3n) is 12.7. The Kier molecular flexibility index (Phi) is 21.5. The van der Waals surface area contributed by atoms with Crippen LogP contribution in [-0.4, -0.2) is 17.2 Å². The Bertz CT molecular complexity index is 3620. The van der Waals surface area contributed by atoms with Crippen LogP contribution in [0.3, 0.4) is 0 Å². The highest BCUT2D eigenvalue weighted by molar-refractivity contribution is 9.10. The largest absolute Gasteiger partial charge is 0.491 e. The van der Waals surface area contributed by atoms with Gasteiger partial charge in [0.1, 0.15) is 45.9 Å². The summed E-state index contributed by atoms with van der Waals surface area (Å²) in [5, 5.41) is 18.0. The van der Waals surface area contributed by atoms with Gasteiger partial charge in [-0.3, -0.25) is 0 Å². The van der Waals surface area contributed by atoms with E-state index in [1.807, 2.05) is 39.0 Å². The van der Waals surface area contributed by atoms with Crippen LogP contribution in [0.4, 0.5) is 79.0 Å². The first-order chi connectivity index (χ1) is 39.4. The maximum absolute atomic E-state index is 15.1. The summed E-state index contributed by atoms with van der Waals surface area (Å²) in [7, 11) is -2.03. The normalized spacial score (nSPS) is 11.4. The van der Waals surface area contributed by atoms with Crippen molar-refractivity contribution in [1.82, 2.24) is 0 Å². The van der Waals surface area contributed by atoms with E-state index >= 15 is 8.78 Å². The molecule has 84 heavy (non-hydrogen) atoms. The number of rotatable bonds is 16. The van der Waals surface area contributed by atoms with Crippen molar-refractivity contribution >= 4 is 28.5 Å². The SMILES string of the molecule is CCCCc1ccc(-c2ccc(-c3cc(F)c(C(F)(F)Oc4cc(F)c(F)c(F)c4)c(F)c3)c(F)c2F)cc1C.CCCCc1ccc(-c2ccc(B(O)O)c(F)c2F)cc1C.Fc1cc(OC(F)(F)c2c(F)cc(Br)cc2F)cc(F)c1F. The lowest BCUT2D eigenvalue weighted by Gasteiger charge is -2.20. The summed E-state index contributed by atoms with van der Waals surface area (Å²) in [6.07, 6.45) is -3.46. The standard InChI is InChI=1S/C30H21F9O.C17H19BF2O2.C13H4BrF7O/c1-3-4-5-16-6-7-17(10-15(16)2)20-8-9-21(28(36)27(20)35)18-11-22(31)26(23(32)12-18)30(38,39)40-19-13-24(33)29(37)25(34)14-19;1-3-4-5-12-6-7-13(10-11(12)2)14-8-9-15(18(21)22)17(20)16(14)19;14-5-1-7(15)11(8(16)2-5)13(20,21)22-6-3-9(17)12(19)10(18)4-6/h6-14H,3-5H2,1-2H3;6-10,21-22H,3-5H2,1-2H3;1-4H. The van der Waals surface area contributed by atoms with Gasteiger partial charge in [-0.15, -0.1) is 0 Å². The van der Waals surface area contributed by atoms with E-state index < -0.39 is 140 Å². The van der Waals surface area contributed by atoms with Crippen LogP contribution in [0.15, 0.2) is 114 Å². The quantitative estimate of drug-likeness (QED) is 0.0575. The van der Waals surface area contributed by atoms with Gasteiger partial charge in [0, 0.05) is 50.9 Å². The molecule has 8 aromatic rings. The second-order valence-electron chi connectivity index (χ2n) is 18.7. The van der Waals surface area contributed by atoms with Crippen molar-refractivity contribution in [3.05, 3.63) is 228 Å². The van der Waals surface area contributed by atoms with Crippen molar-refractivity contribution in [3.8, 4) is 44.9 Å². The molecular formula is C60H44BBrF18O4. The minimum absolute atomic E-state index is 0.0659. The fraction of sp³-hybridized carbons (Fsp3) is 0.200. The van der Waals surface area contributed by atoms with Gasteiger partial charge in [0.2, 0.25) is 0 Å². The average Bonchev–Trinajstić information content (AvgIpc) is 3.28. The first-order valence-electron chi connectivity index (χ1n) is 25.0. The third kappa shape index (κ3) is 15.3. The Labute approximate surface area is 477 Å². The van der Waals surface area contributed by atoms with Crippen molar-refractivity contribution in [2.24, 2.45) is 0 Å². The third-order valence-corrected chi connectivity index (χ3v) is 13.2. The van der Waals surface area contributed by atoms with E-state index in [1.54, 1.807) is 18.2 Å². The highest BCUT2D eigenvalue weighted by atomic mass is 79.9. The van der Waals surface area contributed by atoms with Gasteiger partial charge >= 0.3 is 19.3 Å². The lowest BCUT2D eigenvalue weighted by Crippen LogP contribution is -2.33. The van der Waals surface area contributed by atoms with E-state index in [0.717, 1.165) is 61.3 Å². The lowest BCUT2D eigenvalue weighted by molar-refractivity contribution is -0.190. The molecule has 0 saturated heterocycles. The van der Waals surface area contributed by atoms with Crippen LogP contribution in [0, 0.1) is 95.3 Å². The number of alkyl halides is 4. The van der Waals surface area contributed by atoms with E-state index in [4.69, 9.17) is 10.0 Å². The summed E-state index contributed by atoms with van der Waals surface area (Å²) in [6.45, 7) is 7.97. The molecular weight excluding hydrogens is 1220 g/mol. The van der Waals surface area contributed by atoms with Gasteiger partial charge in [0.25, 0.3) is 0 Å². The number of unbranched alkanes of at least 4 members (excludes halogenated alkanes) is 2. The summed E-state index contributed by atoms with van der Waals surface area (Å²) in [6, 6.07) is 17.7. The molecule has 0 unspecified atom stereocenters. The molecule has 0 atom stereocenters. The molecule has 0 aliphatic rings. The van der Waals surface area contributed by atoms with Gasteiger partial charge in [-0.2, -0.15) is 17.6 Å². The molecule has 2 N–H and O–H groups in total. The molecule has 0 heterocycles. The van der Waals surface area contributed by atoms with Gasteiger partial charge in [-0.1, -0.05) is 103 Å². The molecule has 8 rings (SSSR count). The smallest absolute Gasteiger partial charge is 0.429 e. The number of halogens is 19. The first-order valence-corrected chi connectivity index (χ1v) is 25.8. The second kappa shape index (κ2) is 27.5. The Morgan fingerprint density at radius 3 is 1.08 bits per heavy atom. The average molecular weight is 1260 g/mol. The van der Waals surface area contributed by atoms with Crippen LogP contribution >= 0.6 is 15.9 Å². The second-order valence-corrected chi connectivity index (χ2v) is 19.6. The van der Waals surface area contributed by atoms with E-state index in [2.05, 4.69) is 32.3 Å². The van der Waals surface area contributed by atoms with Gasteiger partial charge in [0.05, 0.1) is 0 Å². The zero-order chi connectivity index (χ0) is 62.3. The molecule has 0 fully saturated rings. The van der Waals surface area contributed by atoms with Gasteiger partial charge < -0.3 is 19.5 Å². The molecule has 8 aromatic carbocycles. The molecule has 0 bridgehead atoms. The molecule has 0 amide bonds. The van der Waals surface area contributed by atoms with E-state index in [9.17, 15) is 70.2 Å². The van der Waals surface area contributed by atoms with Gasteiger partial charge in [0.15, 0.2) is 58.2 Å². The van der Waals surface area contributed by atoms with Crippen molar-refractivity contribution in [1.29, 1.82) is 0 Å². The summed E-state index contributed by atoms with van der Waals surface area (Å²) >= 11 is 2.70. The fourth-order valence-electron chi connectivity index (χ4n) is 8.41. The molecule has 0 radical (unpaired) electrons. The fourth-order valence-corrected chi connectivity index (χ4v) is 8.81. The molecule has 0 spiro atoms. The van der Waals surface area contributed by atoms with Crippen LogP contribution < -0.4 is 14.9 Å². The Morgan fingerprint density at radius 1 is 0.405 bits per heavy atom. The molecule has 0 aliphatic carbocycles. The van der Waals surface area contributed by atoms with Crippen LogP contribution in [0.25, 0.3) is 33.4 Å². The predicted molar refractivity (Wildman–Crippen MR) is 281 cm³/mol. The minimum atomic E-state index is -4.82. The van der Waals surface area contributed by atoms with Gasteiger partial charge in [-0.25, -0.2) is 61.5 Å². The highest BCUT2D eigenvalue weighted by Crippen LogP contribution is 2.41. The number of hydrogen-bond acceptors (Lipinski definition) is 4. The highest BCUT2D eigenvalue weighted by Gasteiger charge is 2.43. The van der Waals surface area contributed by atoms with Crippen molar-refractivity contribution in [3.63, 3.8) is 0 Å². The Hall–Kier alpha value is -7.44. The summed E-state index contributed by atoms with van der Waals surface area (Å²) in [4.78, 5) is 0. The molecule has 444 valence electrons. The molecule has 0 saturated carbocycles. The van der Waals surface area contributed by atoms with E-state index in [0.29, 0.717) is 35.4 Å². The van der Waals surface area contributed by atoms with Crippen LogP contribution in [0.5, 0.6) is 11.5 Å². The molecule has 0 aliphatic heterocycles. The zero-order valence-electron chi connectivity index (χ0n) is 44.1. The molecule has 4 nitrogen and oxygen atoms in total. The number of hydrogen-bond donors (Lipinski definition) is 2. The predicted octanol–water partition coefficient (Wildman–Crippen LogP) is 18.0. The van der Waals surface area contributed by atoms with Crippen LogP contribution in [0.1, 0.15) is 72.9 Å². The zero-order valence-corrected chi connectivity index (χ0v) is 45.7. The summed E-state index contributed by atoms with van der Waals surface area (Å²) < 4.78 is 258. The summed E-state index contributed by atoms with van der Waals surface area (Å²) in [5.41, 5.74) is -0.229. The van der Waals surface area contributed by atoms with E-state index in [1.165, 1.54) is 23.8 Å². The monoisotopic (exact) mass is 1260 g/mol. The Balaban J connectivity index is 0.000000219. The van der Waals surface area contributed by atoms with Crippen LogP contribution in [0.2, 0.25) is 0 Å². The number of aryl methyl sites for hydroxylation is 4. The maximum Gasteiger partial charge on any atom is 0.491 e. The molecule has 0 aromatic heterocycles. The Morgan fingerprint density at radius 2 is 0.738 bits per heavy atom. The first kappa shape index (κ1) is 65.7. The van der Waals surface area contributed by atoms with Crippen molar-refractivity contribution < 1.29 is 98.5 Å². The maximum atomic E-state index is 15.1. The van der Waals surface area contributed by atoms with Crippen molar-refractivity contribution in [2.45, 2.75) is 78.4 Å². The lowest BCUT2D eigenvalue weighted by atomic mass is 9.79. The number of benzene rings is 8. The number of ether oxygens (including phenoxy) is 2. The van der Waals surface area contributed by atoms with Crippen LogP contribution in [-0.2, 0) is 25.1 Å². The molecule has 24 heteroatoms.